The molecule has 3 rings (SSSR count). The molecule has 132 valence electrons. The van der Waals surface area contributed by atoms with Gasteiger partial charge < -0.3 is 11.5 Å². The van der Waals surface area contributed by atoms with Crippen molar-refractivity contribution in [3.8, 4) is 0 Å². The van der Waals surface area contributed by atoms with Crippen LogP contribution in [0.4, 0.5) is 10.1 Å². The zero-order valence-corrected chi connectivity index (χ0v) is 15.1. The molecule has 0 aromatic heterocycles. The summed E-state index contributed by atoms with van der Waals surface area (Å²) < 4.78 is 15.4. The molecule has 1 heterocycles. The second-order valence-corrected chi connectivity index (χ2v) is 7.64. The maximum atomic E-state index is 13.1. The number of allylic oxidation sites excluding steroid dienone is 3. The molecule has 2 aliphatic rings. The van der Waals surface area contributed by atoms with Gasteiger partial charge in [0, 0.05) is 24.2 Å². The van der Waals surface area contributed by atoms with Crippen LogP contribution in [-0.2, 0) is 0 Å². The van der Waals surface area contributed by atoms with Gasteiger partial charge in [-0.3, -0.25) is 0 Å². The van der Waals surface area contributed by atoms with Gasteiger partial charge in [0.15, 0.2) is 0 Å². The van der Waals surface area contributed by atoms with E-state index < -0.39 is 0 Å². The van der Waals surface area contributed by atoms with Gasteiger partial charge in [0.1, 0.15) is 5.82 Å². The first-order valence-corrected chi connectivity index (χ1v) is 9.13. The number of nitrogens with two attached hydrogens (primary N) is 2. The second-order valence-electron chi connectivity index (χ2n) is 6.29. The van der Waals surface area contributed by atoms with E-state index in [1.165, 1.54) is 17.7 Å². The Hall–Kier alpha value is -2.05. The van der Waals surface area contributed by atoms with Gasteiger partial charge in [-0.1, -0.05) is 5.57 Å². The Morgan fingerprint density at radius 3 is 2.76 bits per heavy atom. The summed E-state index contributed by atoms with van der Waals surface area (Å²) in [7, 11) is 0. The zero-order chi connectivity index (χ0) is 17.8. The molecule has 0 bridgehead atoms. The van der Waals surface area contributed by atoms with E-state index in [2.05, 4.69) is 15.4 Å². The van der Waals surface area contributed by atoms with E-state index in [0.717, 1.165) is 47.8 Å². The molecule has 1 fully saturated rings. The maximum Gasteiger partial charge on any atom is 0.123 e. The van der Waals surface area contributed by atoms with E-state index in [-0.39, 0.29) is 5.82 Å². The number of fused-ring (bicyclic) bond motifs is 1. The zero-order valence-electron chi connectivity index (χ0n) is 14.3. The minimum atomic E-state index is -0.257. The highest BCUT2D eigenvalue weighted by Gasteiger charge is 2.30. The van der Waals surface area contributed by atoms with E-state index in [1.807, 2.05) is 6.92 Å². The lowest BCUT2D eigenvalue weighted by Crippen LogP contribution is -2.35. The average molecular weight is 358 g/mol. The van der Waals surface area contributed by atoms with Crippen molar-refractivity contribution in [3.05, 3.63) is 64.6 Å². The molecule has 4 N–H and O–H groups in total. The fraction of sp³-hybridized carbons (Fsp3) is 0.316. The Kier molecular flexibility index (Phi) is 5.60. The Labute approximate surface area is 152 Å². The highest BCUT2D eigenvalue weighted by atomic mass is 32.2. The molecular formula is C19H23FN4S. The van der Waals surface area contributed by atoms with Crippen molar-refractivity contribution < 1.29 is 4.39 Å². The average Bonchev–Trinajstić information content (AvgIpc) is 2.63. The molecule has 25 heavy (non-hydrogen) atoms. The minimum absolute atomic E-state index is 0.257. The topological polar surface area (TPSA) is 67.6 Å². The molecular weight excluding hydrogens is 335 g/mol. The molecule has 1 saturated heterocycles. The Morgan fingerprint density at radius 2 is 2.08 bits per heavy atom. The van der Waals surface area contributed by atoms with Crippen molar-refractivity contribution in [2.75, 3.05) is 13.1 Å². The monoisotopic (exact) mass is 358 g/mol. The summed E-state index contributed by atoms with van der Waals surface area (Å²) in [5.41, 5.74) is 15.5. The molecule has 4 nitrogen and oxygen atoms in total. The SMILES string of the molecule is C/C(=C\N)SN1CCC2=CC(=Nc3ccc(F)cc3)C(=CN)CC2C1. The van der Waals surface area contributed by atoms with E-state index in [4.69, 9.17) is 11.5 Å². The Morgan fingerprint density at radius 1 is 1.32 bits per heavy atom. The smallest absolute Gasteiger partial charge is 0.123 e. The van der Waals surface area contributed by atoms with Crippen LogP contribution < -0.4 is 11.5 Å². The van der Waals surface area contributed by atoms with Gasteiger partial charge in [-0.05, 0) is 79.7 Å². The van der Waals surface area contributed by atoms with Gasteiger partial charge in [-0.25, -0.2) is 13.7 Å². The largest absolute Gasteiger partial charge is 0.404 e. The highest BCUT2D eigenvalue weighted by Crippen LogP contribution is 2.37. The lowest BCUT2D eigenvalue weighted by molar-refractivity contribution is 0.350. The quantitative estimate of drug-likeness (QED) is 0.805. The molecule has 1 atom stereocenters. The number of aliphatic imine (C=N–C) groups is 1. The van der Waals surface area contributed by atoms with E-state index >= 15 is 0 Å². The summed E-state index contributed by atoms with van der Waals surface area (Å²) >= 11 is 1.72. The molecule has 0 radical (unpaired) electrons. The third-order valence-corrected chi connectivity index (χ3v) is 5.51. The predicted octanol–water partition coefficient (Wildman–Crippen LogP) is 3.86. The van der Waals surface area contributed by atoms with Crippen LogP contribution in [0.25, 0.3) is 0 Å². The van der Waals surface area contributed by atoms with Gasteiger partial charge in [-0.15, -0.1) is 0 Å². The van der Waals surface area contributed by atoms with Gasteiger partial charge in [0.25, 0.3) is 0 Å². The lowest BCUT2D eigenvalue weighted by atomic mass is 9.80. The number of nitrogens with zero attached hydrogens (tertiary/aromatic N) is 2. The van der Waals surface area contributed by atoms with Gasteiger partial charge in [-0.2, -0.15) is 0 Å². The standard InChI is InChI=1S/C19H23FN4S/c1-13(10-21)25-24-7-6-14-9-19(15(11-22)8-16(14)12-24)23-18-4-2-17(20)3-5-18/h2-5,9-11,16H,6-8,12,21-22H2,1H3/b13-10+,15-11?,23-19?. The first kappa shape index (κ1) is 17.8. The normalized spacial score (nSPS) is 25.1. The highest BCUT2D eigenvalue weighted by molar-refractivity contribution is 8.00. The van der Waals surface area contributed by atoms with Gasteiger partial charge in [0.05, 0.1) is 11.4 Å². The molecule has 1 aromatic rings. The number of piperidine rings is 1. The van der Waals surface area contributed by atoms with Crippen molar-refractivity contribution in [2.24, 2.45) is 22.4 Å². The molecule has 6 heteroatoms. The number of benzene rings is 1. The molecule has 1 aliphatic carbocycles. The van der Waals surface area contributed by atoms with Gasteiger partial charge >= 0.3 is 0 Å². The third-order valence-electron chi connectivity index (χ3n) is 4.50. The fourth-order valence-electron chi connectivity index (χ4n) is 3.17. The van der Waals surface area contributed by atoms with Crippen molar-refractivity contribution in [2.45, 2.75) is 19.8 Å². The number of rotatable bonds is 3. The van der Waals surface area contributed by atoms with Crippen LogP contribution in [0, 0.1) is 11.7 Å². The maximum absolute atomic E-state index is 13.1. The molecule has 1 aliphatic heterocycles. The minimum Gasteiger partial charge on any atom is -0.404 e. The van der Waals surface area contributed by atoms with Gasteiger partial charge in [0.2, 0.25) is 0 Å². The van der Waals surface area contributed by atoms with E-state index in [9.17, 15) is 4.39 Å². The molecule has 0 amide bonds. The lowest BCUT2D eigenvalue weighted by Gasteiger charge is -2.36. The van der Waals surface area contributed by atoms with Crippen LogP contribution in [0.5, 0.6) is 0 Å². The number of halogens is 1. The summed E-state index contributed by atoms with van der Waals surface area (Å²) in [6.45, 7) is 3.99. The van der Waals surface area contributed by atoms with Crippen LogP contribution in [0.15, 0.2) is 63.8 Å². The van der Waals surface area contributed by atoms with E-state index in [0.29, 0.717) is 5.92 Å². The number of hydrogen-bond donors (Lipinski definition) is 2. The Balaban J connectivity index is 1.81. The van der Waals surface area contributed by atoms with Crippen LogP contribution in [0.2, 0.25) is 0 Å². The molecule has 0 saturated carbocycles. The van der Waals surface area contributed by atoms with Crippen molar-refractivity contribution in [3.63, 3.8) is 0 Å². The molecule has 0 spiro atoms. The van der Waals surface area contributed by atoms with Crippen LogP contribution in [0.3, 0.4) is 0 Å². The predicted molar refractivity (Wildman–Crippen MR) is 104 cm³/mol. The fourth-order valence-corrected chi connectivity index (χ4v) is 4.07. The molecule has 1 unspecified atom stereocenters. The van der Waals surface area contributed by atoms with Crippen molar-refractivity contribution in [1.82, 2.24) is 4.31 Å². The summed E-state index contributed by atoms with van der Waals surface area (Å²) in [6, 6.07) is 6.21. The third kappa shape index (κ3) is 4.32. The number of hydrogen-bond acceptors (Lipinski definition) is 5. The summed E-state index contributed by atoms with van der Waals surface area (Å²) in [5.74, 6) is 0.195. The van der Waals surface area contributed by atoms with Crippen LogP contribution >= 0.6 is 11.9 Å². The summed E-state index contributed by atoms with van der Waals surface area (Å²) in [5, 5.41) is 0. The second kappa shape index (κ2) is 7.89. The molecule has 1 aromatic carbocycles. The van der Waals surface area contributed by atoms with Crippen molar-refractivity contribution >= 4 is 23.3 Å². The first-order chi connectivity index (χ1) is 12.1. The summed E-state index contributed by atoms with van der Waals surface area (Å²) in [4.78, 5) is 5.77. The first-order valence-electron chi connectivity index (χ1n) is 8.36. The van der Waals surface area contributed by atoms with E-state index in [1.54, 1.807) is 36.5 Å². The van der Waals surface area contributed by atoms with Crippen molar-refractivity contribution in [1.29, 1.82) is 0 Å². The van der Waals surface area contributed by atoms with Crippen LogP contribution in [0.1, 0.15) is 19.8 Å². The summed E-state index contributed by atoms with van der Waals surface area (Å²) in [6.07, 6.45) is 7.34. The Bertz CT molecular complexity index is 749. The van der Waals surface area contributed by atoms with Crippen LogP contribution in [-0.4, -0.2) is 23.1 Å².